The lowest BCUT2D eigenvalue weighted by atomic mass is 9.77. The molecule has 68 heavy (non-hydrogen) atoms. The number of nitrogens with zero attached hydrogens (tertiary/aromatic N) is 8. The van der Waals surface area contributed by atoms with Crippen molar-refractivity contribution in [2.24, 2.45) is 10.8 Å². The third-order valence-corrected chi connectivity index (χ3v) is 18.4. The second-order valence-corrected chi connectivity index (χ2v) is 24.3. The first-order valence-electron chi connectivity index (χ1n) is 25.3. The third kappa shape index (κ3) is 9.69. The van der Waals surface area contributed by atoms with E-state index in [1.54, 1.807) is 32.5 Å². The second kappa shape index (κ2) is 18.6. The second-order valence-electron chi connectivity index (χ2n) is 21.7. The molecule has 16 heteroatoms. The molecule has 4 saturated heterocycles. The van der Waals surface area contributed by atoms with Gasteiger partial charge >= 0.3 is 0 Å². The number of likely N-dealkylation sites (tertiary alicyclic amines) is 4. The molecule has 8 fully saturated rings. The number of hydrogen-bond acceptors (Lipinski definition) is 12. The number of alkyl halides is 2. The highest BCUT2D eigenvalue weighted by Gasteiger charge is 2.60. The average Bonchev–Trinajstić information content (AvgIpc) is 3.89. The van der Waals surface area contributed by atoms with E-state index in [0.717, 1.165) is 122 Å². The summed E-state index contributed by atoms with van der Waals surface area (Å²) in [5.41, 5.74) is 0.0619. The first-order chi connectivity index (χ1) is 32.9. The standard InChI is InChI=1S/2C26H33FN4O2S/c2*1-18-28-29-23(34-18)15-33-22-5-3-2-4-21(22)19-7-12-30(13-8-19)20-6-9-25(14-20)16-31(17-25)24(32)26(27)10-11-26/h2*2-5,19-20H,6-17H2,1H3/t2*20-/m10/s1. The molecule has 0 bridgehead atoms. The lowest BCUT2D eigenvalue weighted by Gasteiger charge is -2.49. The molecule has 2 spiro atoms. The van der Waals surface area contributed by atoms with Gasteiger partial charge in [0.25, 0.3) is 11.8 Å². The Kier molecular flexibility index (Phi) is 12.6. The number of piperidine rings is 2. The molecule has 0 N–H and O–H groups in total. The molecular weight excluding hydrogens is 903 g/mol. The summed E-state index contributed by atoms with van der Waals surface area (Å²) >= 11 is 3.16. The number of benzene rings is 2. The van der Waals surface area contributed by atoms with E-state index in [4.69, 9.17) is 9.47 Å². The maximum Gasteiger partial charge on any atom is 0.260 e. The summed E-state index contributed by atoms with van der Waals surface area (Å²) < 4.78 is 40.6. The van der Waals surface area contributed by atoms with E-state index in [1.807, 2.05) is 26.0 Å². The van der Waals surface area contributed by atoms with Gasteiger partial charge in [-0.3, -0.25) is 9.59 Å². The van der Waals surface area contributed by atoms with Gasteiger partial charge in [-0.1, -0.05) is 59.1 Å². The van der Waals surface area contributed by atoms with Crippen molar-refractivity contribution in [3.8, 4) is 11.5 Å². The Bertz CT molecular complexity index is 2280. The highest BCUT2D eigenvalue weighted by Crippen LogP contribution is 2.53. The van der Waals surface area contributed by atoms with Crippen molar-refractivity contribution in [1.82, 2.24) is 40.0 Å². The summed E-state index contributed by atoms with van der Waals surface area (Å²) in [4.78, 5) is 33.5. The summed E-state index contributed by atoms with van der Waals surface area (Å²) in [5.74, 6) is 2.46. The molecule has 2 aromatic heterocycles. The van der Waals surface area contributed by atoms with Gasteiger partial charge in [0.15, 0.2) is 21.4 Å². The van der Waals surface area contributed by atoms with Crippen LogP contribution in [0, 0.1) is 24.7 Å². The van der Waals surface area contributed by atoms with Gasteiger partial charge in [0, 0.05) is 49.1 Å². The smallest absolute Gasteiger partial charge is 0.260 e. The number of hydrogen-bond donors (Lipinski definition) is 0. The first-order valence-corrected chi connectivity index (χ1v) is 27.0. The minimum atomic E-state index is -1.52. The zero-order chi connectivity index (χ0) is 46.7. The summed E-state index contributed by atoms with van der Waals surface area (Å²) in [6.45, 7) is 12.3. The number of para-hydroxylation sites is 2. The molecule has 6 heterocycles. The maximum absolute atomic E-state index is 14.1. The number of aromatic nitrogens is 4. The largest absolute Gasteiger partial charge is 0.486 e. The first kappa shape index (κ1) is 46.3. The van der Waals surface area contributed by atoms with Gasteiger partial charge in [-0.2, -0.15) is 0 Å². The van der Waals surface area contributed by atoms with Gasteiger partial charge in [-0.05, 0) is 165 Å². The van der Waals surface area contributed by atoms with Crippen LogP contribution in [0.5, 0.6) is 11.5 Å². The molecule has 2 amide bonds. The number of amides is 2. The van der Waals surface area contributed by atoms with Crippen molar-refractivity contribution in [3.05, 3.63) is 79.7 Å². The fourth-order valence-electron chi connectivity index (χ4n) is 12.7. The monoisotopic (exact) mass is 968 g/mol. The Balaban J connectivity index is 0.000000149. The summed E-state index contributed by atoms with van der Waals surface area (Å²) in [6.07, 6.45) is 13.3. The third-order valence-electron chi connectivity index (χ3n) is 16.8. The molecule has 4 aliphatic heterocycles. The number of carbonyl (C=O) groups excluding carboxylic acids is 2. The zero-order valence-electron chi connectivity index (χ0n) is 39.7. The van der Waals surface area contributed by atoms with Gasteiger partial charge < -0.3 is 29.1 Å². The van der Waals surface area contributed by atoms with E-state index in [0.29, 0.717) is 62.8 Å². The van der Waals surface area contributed by atoms with Gasteiger partial charge in [-0.25, -0.2) is 8.78 Å². The van der Waals surface area contributed by atoms with Crippen LogP contribution in [0.3, 0.4) is 0 Å². The quantitative estimate of drug-likeness (QED) is 0.136. The van der Waals surface area contributed by atoms with E-state index in [-0.39, 0.29) is 22.6 Å². The Morgan fingerprint density at radius 3 is 1.31 bits per heavy atom. The number of aryl methyl sites for hydroxylation is 2. The van der Waals surface area contributed by atoms with Crippen LogP contribution < -0.4 is 9.47 Å². The predicted molar refractivity (Wildman–Crippen MR) is 257 cm³/mol. The van der Waals surface area contributed by atoms with Crippen molar-refractivity contribution in [2.45, 2.75) is 152 Å². The zero-order valence-corrected chi connectivity index (χ0v) is 41.3. The van der Waals surface area contributed by atoms with Crippen LogP contribution in [0.1, 0.15) is 133 Å². The SMILES string of the molecule is Cc1nnc(COc2ccccc2C2CCN([C@@H]3CCC4(C3)CN(C(=O)C3(F)CC3)C4)CC2)s1.Cc1nnc(COc2ccccc2C2CCN([C@H]3CCC4(C3)CN(C(=O)C3(F)CC3)C4)CC2)s1. The normalized spacial score (nSPS) is 25.9. The fourth-order valence-corrected chi connectivity index (χ4v) is 13.9. The Morgan fingerprint density at radius 1 is 0.574 bits per heavy atom. The number of ether oxygens (including phenoxy) is 2. The lowest BCUT2D eigenvalue weighted by molar-refractivity contribution is -0.151. The van der Waals surface area contributed by atoms with Crippen LogP contribution in [0.2, 0.25) is 0 Å². The summed E-state index contributed by atoms with van der Waals surface area (Å²) in [7, 11) is 0. The van der Waals surface area contributed by atoms with Crippen molar-refractivity contribution < 1.29 is 27.8 Å². The molecule has 2 atom stereocenters. The van der Waals surface area contributed by atoms with Crippen LogP contribution in [0.4, 0.5) is 8.78 Å². The van der Waals surface area contributed by atoms with Gasteiger partial charge in [0.05, 0.1) is 0 Å². The van der Waals surface area contributed by atoms with Gasteiger partial charge in [-0.15, -0.1) is 20.4 Å². The van der Waals surface area contributed by atoms with E-state index in [2.05, 4.69) is 66.6 Å². The topological polar surface area (TPSA) is 117 Å². The predicted octanol–water partition coefficient (Wildman–Crippen LogP) is 8.98. The van der Waals surface area contributed by atoms with Crippen LogP contribution in [-0.2, 0) is 22.8 Å². The van der Waals surface area contributed by atoms with E-state index in [1.165, 1.54) is 36.8 Å². The van der Waals surface area contributed by atoms with E-state index >= 15 is 0 Å². The van der Waals surface area contributed by atoms with Crippen molar-refractivity contribution >= 4 is 34.5 Å². The highest BCUT2D eigenvalue weighted by molar-refractivity contribution is 7.11. The van der Waals surface area contributed by atoms with E-state index < -0.39 is 11.3 Å². The van der Waals surface area contributed by atoms with E-state index in [9.17, 15) is 18.4 Å². The Hall–Kier alpha value is -4.12. The molecule has 364 valence electrons. The van der Waals surface area contributed by atoms with Crippen molar-refractivity contribution in [3.63, 3.8) is 0 Å². The molecule has 4 aliphatic carbocycles. The molecule has 8 aliphatic rings. The van der Waals surface area contributed by atoms with Crippen LogP contribution in [0.25, 0.3) is 0 Å². The minimum absolute atomic E-state index is 0.242. The lowest BCUT2D eigenvalue weighted by Crippen LogP contribution is -2.60. The molecule has 12 rings (SSSR count). The molecular formula is C52H66F2N8O4S2. The van der Waals surface area contributed by atoms with Crippen LogP contribution in [-0.4, -0.2) is 128 Å². The van der Waals surface area contributed by atoms with Crippen molar-refractivity contribution in [1.29, 1.82) is 0 Å². The molecule has 0 unspecified atom stereocenters. The average molecular weight is 969 g/mol. The fraction of sp³-hybridized carbons (Fsp3) is 0.654. The molecule has 0 radical (unpaired) electrons. The molecule has 4 aromatic rings. The number of rotatable bonds is 12. The van der Waals surface area contributed by atoms with Crippen LogP contribution in [0.15, 0.2) is 48.5 Å². The molecule has 12 nitrogen and oxygen atoms in total. The number of halogens is 2. The van der Waals surface area contributed by atoms with Gasteiger partial charge in [0.2, 0.25) is 0 Å². The maximum atomic E-state index is 14.1. The van der Waals surface area contributed by atoms with Crippen LogP contribution >= 0.6 is 22.7 Å². The number of carbonyl (C=O) groups is 2. The highest BCUT2D eigenvalue weighted by atomic mass is 32.1. The van der Waals surface area contributed by atoms with Crippen molar-refractivity contribution in [2.75, 3.05) is 52.4 Å². The molecule has 4 saturated carbocycles. The Morgan fingerprint density at radius 2 is 0.956 bits per heavy atom. The summed E-state index contributed by atoms with van der Waals surface area (Å²) in [6, 6.07) is 18.1. The Labute approximate surface area is 407 Å². The summed E-state index contributed by atoms with van der Waals surface area (Å²) in [5, 5.41) is 20.3. The molecule has 2 aromatic carbocycles. The minimum Gasteiger partial charge on any atom is -0.486 e. The van der Waals surface area contributed by atoms with Gasteiger partial charge in [0.1, 0.15) is 34.7 Å².